The number of aromatic amines is 1. The first-order valence-electron chi connectivity index (χ1n) is 11.3. The van der Waals surface area contributed by atoms with E-state index in [4.69, 9.17) is 4.74 Å². The van der Waals surface area contributed by atoms with Crippen molar-refractivity contribution in [3.63, 3.8) is 0 Å². The molecule has 3 heterocycles. The van der Waals surface area contributed by atoms with Crippen LogP contribution in [0.15, 0.2) is 22.8 Å². The summed E-state index contributed by atoms with van der Waals surface area (Å²) in [5.41, 5.74) is -1.25. The van der Waals surface area contributed by atoms with Gasteiger partial charge in [0.2, 0.25) is 0 Å². The summed E-state index contributed by atoms with van der Waals surface area (Å²) in [5.74, 6) is -3.79. The van der Waals surface area contributed by atoms with Crippen LogP contribution in [0.4, 0.5) is 26.7 Å². The van der Waals surface area contributed by atoms with Crippen LogP contribution in [0.3, 0.4) is 0 Å². The predicted molar refractivity (Wildman–Crippen MR) is 120 cm³/mol. The molecular formula is C22H24F5N7O4. The second-order valence-corrected chi connectivity index (χ2v) is 9.39. The third kappa shape index (κ3) is 5.84. The summed E-state index contributed by atoms with van der Waals surface area (Å²) in [6.45, 7) is 0.944. The number of hydrogen-bond acceptors (Lipinski definition) is 7. The number of aryl methyl sites for hydroxylation is 1. The molecule has 206 valence electrons. The normalized spacial score (nSPS) is 16.9. The molecule has 1 aromatic carbocycles. The Morgan fingerprint density at radius 2 is 2.03 bits per heavy atom. The monoisotopic (exact) mass is 545 g/mol. The number of rotatable bonds is 8. The maximum Gasteiger partial charge on any atom is 0.416 e. The zero-order valence-corrected chi connectivity index (χ0v) is 20.4. The number of amides is 3. The zero-order valence-electron chi connectivity index (χ0n) is 20.4. The Morgan fingerprint density at radius 1 is 1.29 bits per heavy atom. The fraction of sp³-hybridized carbons (Fsp3) is 0.500. The van der Waals surface area contributed by atoms with E-state index in [9.17, 15) is 31.5 Å². The highest BCUT2D eigenvalue weighted by molar-refractivity contribution is 5.93. The van der Waals surface area contributed by atoms with E-state index in [1.165, 1.54) is 6.92 Å². The fourth-order valence-electron chi connectivity index (χ4n) is 3.64. The van der Waals surface area contributed by atoms with Crippen LogP contribution in [-0.2, 0) is 11.3 Å². The molecule has 1 aliphatic heterocycles. The number of nitrogens with one attached hydrogen (secondary N) is 3. The standard InChI is InChI=1S/C22H24F5N7O4/c1-11-16(33-38-32-11)18(35)31-15(8-37-20(2,3)22(25,26)27)17-29-13-5-4-12(6-14(13)30-17)7-34-10-21(23,24)9-28-19(34)36/h4-6,15H,7-10H2,1-3H3,(H,28,36)(H,29,30)(H,31,35)/t15-/m0/s1. The quantitative estimate of drug-likeness (QED) is 0.370. The van der Waals surface area contributed by atoms with E-state index in [2.05, 4.69) is 35.5 Å². The molecule has 1 atom stereocenters. The lowest BCUT2D eigenvalue weighted by atomic mass is 10.1. The predicted octanol–water partition coefficient (Wildman–Crippen LogP) is 3.24. The first-order valence-corrected chi connectivity index (χ1v) is 11.3. The molecule has 0 saturated carbocycles. The lowest BCUT2D eigenvalue weighted by Gasteiger charge is -2.33. The Morgan fingerprint density at radius 3 is 2.68 bits per heavy atom. The molecule has 3 N–H and O–H groups in total. The summed E-state index contributed by atoms with van der Waals surface area (Å²) in [5, 5.41) is 11.7. The number of H-pyrrole nitrogens is 1. The molecule has 1 saturated heterocycles. The molecule has 0 aliphatic carbocycles. The van der Waals surface area contributed by atoms with E-state index in [1.54, 1.807) is 18.2 Å². The van der Waals surface area contributed by atoms with Gasteiger partial charge in [-0.1, -0.05) is 11.2 Å². The van der Waals surface area contributed by atoms with Crippen LogP contribution in [0.5, 0.6) is 0 Å². The fourth-order valence-corrected chi connectivity index (χ4v) is 3.64. The number of alkyl halides is 5. The Balaban J connectivity index is 1.59. The number of urea groups is 1. The van der Waals surface area contributed by atoms with Gasteiger partial charge in [0.05, 0.1) is 30.7 Å². The van der Waals surface area contributed by atoms with Gasteiger partial charge in [0.1, 0.15) is 17.6 Å². The summed E-state index contributed by atoms with van der Waals surface area (Å²) >= 11 is 0. The molecule has 38 heavy (non-hydrogen) atoms. The SMILES string of the molecule is Cc1nonc1C(=O)N[C@@H](COC(C)(C)C(F)(F)F)c1nc2ccc(CN3CC(F)(F)CNC3=O)cc2[nH]1. The van der Waals surface area contributed by atoms with Crippen LogP contribution >= 0.6 is 0 Å². The third-order valence-electron chi connectivity index (χ3n) is 5.94. The Hall–Kier alpha value is -3.82. The van der Waals surface area contributed by atoms with E-state index in [1.807, 2.05) is 0 Å². The first-order chi connectivity index (χ1) is 17.6. The lowest BCUT2D eigenvalue weighted by Crippen LogP contribution is -2.56. The van der Waals surface area contributed by atoms with Crippen molar-refractivity contribution < 1.29 is 40.9 Å². The molecule has 4 rings (SSSR count). The van der Waals surface area contributed by atoms with Gasteiger partial charge in [-0.2, -0.15) is 13.2 Å². The van der Waals surface area contributed by atoms with Gasteiger partial charge in [0.15, 0.2) is 11.3 Å². The number of carbonyl (C=O) groups is 2. The van der Waals surface area contributed by atoms with Gasteiger partial charge in [0.25, 0.3) is 11.8 Å². The van der Waals surface area contributed by atoms with E-state index in [0.717, 1.165) is 18.7 Å². The minimum Gasteiger partial charge on any atom is -0.364 e. The number of fused-ring (bicyclic) bond motifs is 1. The lowest BCUT2D eigenvalue weighted by molar-refractivity contribution is -0.265. The van der Waals surface area contributed by atoms with Gasteiger partial charge in [-0.25, -0.2) is 23.2 Å². The third-order valence-corrected chi connectivity index (χ3v) is 5.94. The smallest absolute Gasteiger partial charge is 0.364 e. The van der Waals surface area contributed by atoms with Crippen molar-refractivity contribution in [2.75, 3.05) is 19.7 Å². The van der Waals surface area contributed by atoms with Crippen LogP contribution < -0.4 is 10.6 Å². The zero-order chi connectivity index (χ0) is 27.9. The van der Waals surface area contributed by atoms with Gasteiger partial charge in [-0.15, -0.1) is 0 Å². The Kier molecular flexibility index (Phi) is 7.03. The highest BCUT2D eigenvalue weighted by atomic mass is 19.4. The maximum absolute atomic E-state index is 13.7. The van der Waals surface area contributed by atoms with Crippen LogP contribution in [0, 0.1) is 6.92 Å². The molecular weight excluding hydrogens is 521 g/mol. The van der Waals surface area contributed by atoms with E-state index >= 15 is 0 Å². The van der Waals surface area contributed by atoms with Gasteiger partial charge >= 0.3 is 12.2 Å². The van der Waals surface area contributed by atoms with Crippen LogP contribution in [0.25, 0.3) is 11.0 Å². The van der Waals surface area contributed by atoms with Crippen LogP contribution in [0.2, 0.25) is 0 Å². The summed E-state index contributed by atoms with van der Waals surface area (Å²) < 4.78 is 77.2. The number of carbonyl (C=O) groups excluding carboxylic acids is 2. The van der Waals surface area contributed by atoms with Crippen molar-refractivity contribution in [2.24, 2.45) is 0 Å². The largest absolute Gasteiger partial charge is 0.416 e. The number of imidazole rings is 1. The van der Waals surface area contributed by atoms with E-state index in [0.29, 0.717) is 16.6 Å². The van der Waals surface area contributed by atoms with Gasteiger partial charge in [-0.05, 0) is 43.6 Å². The molecule has 0 unspecified atom stereocenters. The van der Waals surface area contributed by atoms with Crippen molar-refractivity contribution >= 4 is 23.0 Å². The summed E-state index contributed by atoms with van der Waals surface area (Å²) in [7, 11) is 0. The van der Waals surface area contributed by atoms with Crippen molar-refractivity contribution in [3.8, 4) is 0 Å². The molecule has 3 amide bonds. The average Bonchev–Trinajstić information content (AvgIpc) is 3.43. The maximum atomic E-state index is 13.7. The number of halogens is 5. The molecule has 1 fully saturated rings. The molecule has 0 bridgehead atoms. The van der Waals surface area contributed by atoms with Crippen LogP contribution in [-0.4, -0.2) is 74.5 Å². The number of ether oxygens (including phenoxy) is 1. The van der Waals surface area contributed by atoms with Crippen molar-refractivity contribution in [3.05, 3.63) is 41.0 Å². The number of aromatic nitrogens is 4. The number of hydrogen-bond donors (Lipinski definition) is 3. The van der Waals surface area contributed by atoms with Crippen molar-refractivity contribution in [1.82, 2.24) is 35.8 Å². The number of benzene rings is 1. The van der Waals surface area contributed by atoms with Gasteiger partial charge < -0.3 is 25.3 Å². The molecule has 11 nitrogen and oxygen atoms in total. The molecule has 2 aromatic heterocycles. The Labute approximate surface area is 212 Å². The summed E-state index contributed by atoms with van der Waals surface area (Å²) in [6.07, 6.45) is -4.69. The molecule has 0 radical (unpaired) electrons. The van der Waals surface area contributed by atoms with E-state index in [-0.39, 0.29) is 23.8 Å². The second-order valence-electron chi connectivity index (χ2n) is 9.39. The summed E-state index contributed by atoms with van der Waals surface area (Å²) in [4.78, 5) is 33.0. The van der Waals surface area contributed by atoms with Crippen LogP contribution in [0.1, 0.15) is 47.5 Å². The van der Waals surface area contributed by atoms with Crippen molar-refractivity contribution in [2.45, 2.75) is 51.1 Å². The van der Waals surface area contributed by atoms with Gasteiger partial charge in [-0.3, -0.25) is 4.79 Å². The van der Waals surface area contributed by atoms with Crippen molar-refractivity contribution in [1.29, 1.82) is 0 Å². The average molecular weight is 545 g/mol. The first kappa shape index (κ1) is 27.2. The highest BCUT2D eigenvalue weighted by Crippen LogP contribution is 2.34. The minimum absolute atomic E-state index is 0.0693. The Bertz CT molecular complexity index is 1340. The topological polar surface area (TPSA) is 138 Å². The highest BCUT2D eigenvalue weighted by Gasteiger charge is 2.49. The second kappa shape index (κ2) is 9.81. The molecule has 1 aliphatic rings. The molecule has 0 spiro atoms. The number of nitrogens with zero attached hydrogens (tertiary/aromatic N) is 4. The molecule has 3 aromatic rings. The van der Waals surface area contributed by atoms with E-state index < -0.39 is 55.4 Å². The summed E-state index contributed by atoms with van der Waals surface area (Å²) in [6, 6.07) is 2.88. The van der Waals surface area contributed by atoms with Gasteiger partial charge in [0, 0.05) is 6.54 Å². The minimum atomic E-state index is -4.69. The molecule has 16 heteroatoms.